The number of aromatic hydroxyl groups is 1. The first-order valence-corrected chi connectivity index (χ1v) is 5.89. The Morgan fingerprint density at radius 1 is 1.11 bits per heavy atom. The maximum atomic E-state index is 11.8. The van der Waals surface area contributed by atoms with E-state index in [1.54, 1.807) is 19.2 Å². The SMILES string of the molecule is COc1ccc(CC(=O)Nc2ccc(O)cc2)cc1. The molecule has 0 unspecified atom stereocenters. The van der Waals surface area contributed by atoms with Crippen LogP contribution < -0.4 is 10.1 Å². The highest BCUT2D eigenvalue weighted by Crippen LogP contribution is 2.15. The summed E-state index contributed by atoms with van der Waals surface area (Å²) in [6.45, 7) is 0. The van der Waals surface area contributed by atoms with E-state index in [0.29, 0.717) is 12.1 Å². The lowest BCUT2D eigenvalue weighted by Crippen LogP contribution is -2.14. The van der Waals surface area contributed by atoms with Gasteiger partial charge >= 0.3 is 0 Å². The summed E-state index contributed by atoms with van der Waals surface area (Å²) < 4.78 is 5.06. The fourth-order valence-electron chi connectivity index (χ4n) is 1.68. The summed E-state index contributed by atoms with van der Waals surface area (Å²) in [5, 5.41) is 11.9. The van der Waals surface area contributed by atoms with Crippen molar-refractivity contribution in [1.29, 1.82) is 0 Å². The molecule has 0 bridgehead atoms. The summed E-state index contributed by atoms with van der Waals surface area (Å²) in [4.78, 5) is 11.8. The van der Waals surface area contributed by atoms with Crippen LogP contribution in [0.5, 0.6) is 11.5 Å². The van der Waals surface area contributed by atoms with Crippen LogP contribution in [0.1, 0.15) is 5.56 Å². The molecule has 98 valence electrons. The first kappa shape index (κ1) is 13.0. The lowest BCUT2D eigenvalue weighted by Gasteiger charge is -2.06. The van der Waals surface area contributed by atoms with Gasteiger partial charge in [-0.3, -0.25) is 4.79 Å². The minimum Gasteiger partial charge on any atom is -0.508 e. The molecule has 2 rings (SSSR count). The zero-order valence-corrected chi connectivity index (χ0v) is 10.6. The van der Waals surface area contributed by atoms with Crippen LogP contribution in [-0.4, -0.2) is 18.1 Å². The molecule has 19 heavy (non-hydrogen) atoms. The number of hydrogen-bond donors (Lipinski definition) is 2. The molecule has 2 aromatic carbocycles. The topological polar surface area (TPSA) is 58.6 Å². The maximum absolute atomic E-state index is 11.8. The molecule has 0 spiro atoms. The number of phenolic OH excluding ortho intramolecular Hbond substituents is 1. The van der Waals surface area contributed by atoms with Crippen molar-refractivity contribution in [3.05, 3.63) is 54.1 Å². The molecule has 0 aliphatic heterocycles. The number of carbonyl (C=O) groups excluding carboxylic acids is 1. The highest BCUT2D eigenvalue weighted by molar-refractivity contribution is 5.92. The van der Waals surface area contributed by atoms with Crippen molar-refractivity contribution in [3.8, 4) is 11.5 Å². The molecule has 0 aromatic heterocycles. The van der Waals surface area contributed by atoms with Gasteiger partial charge < -0.3 is 15.2 Å². The molecule has 0 saturated carbocycles. The van der Waals surface area contributed by atoms with Crippen LogP contribution in [0.3, 0.4) is 0 Å². The van der Waals surface area contributed by atoms with Crippen molar-refractivity contribution >= 4 is 11.6 Å². The molecule has 0 radical (unpaired) electrons. The first-order valence-electron chi connectivity index (χ1n) is 5.89. The van der Waals surface area contributed by atoms with Crippen molar-refractivity contribution < 1.29 is 14.6 Å². The number of benzene rings is 2. The van der Waals surface area contributed by atoms with Crippen molar-refractivity contribution in [3.63, 3.8) is 0 Å². The molecular weight excluding hydrogens is 242 g/mol. The molecular formula is C15H15NO3. The van der Waals surface area contributed by atoms with Crippen molar-refractivity contribution in [1.82, 2.24) is 0 Å². The number of rotatable bonds is 4. The van der Waals surface area contributed by atoms with Crippen molar-refractivity contribution in [2.24, 2.45) is 0 Å². The number of carbonyl (C=O) groups is 1. The number of anilines is 1. The fourth-order valence-corrected chi connectivity index (χ4v) is 1.68. The van der Waals surface area contributed by atoms with Crippen LogP contribution in [0.25, 0.3) is 0 Å². The normalized spacial score (nSPS) is 9.95. The number of methoxy groups -OCH3 is 1. The molecule has 4 heteroatoms. The highest BCUT2D eigenvalue weighted by atomic mass is 16.5. The lowest BCUT2D eigenvalue weighted by molar-refractivity contribution is -0.115. The third-order valence-corrected chi connectivity index (χ3v) is 2.67. The van der Waals surface area contributed by atoms with Crippen LogP contribution in [0, 0.1) is 0 Å². The number of hydrogen-bond acceptors (Lipinski definition) is 3. The van der Waals surface area contributed by atoms with Gasteiger partial charge in [-0.05, 0) is 42.0 Å². The Kier molecular flexibility index (Phi) is 4.03. The fraction of sp³-hybridized carbons (Fsp3) is 0.133. The number of phenols is 1. The Hall–Kier alpha value is -2.49. The summed E-state index contributed by atoms with van der Waals surface area (Å²) >= 11 is 0. The van der Waals surface area contributed by atoms with E-state index in [1.165, 1.54) is 12.1 Å². The van der Waals surface area contributed by atoms with Gasteiger partial charge in [-0.2, -0.15) is 0 Å². The van der Waals surface area contributed by atoms with E-state index >= 15 is 0 Å². The molecule has 0 fully saturated rings. The number of amides is 1. The molecule has 2 N–H and O–H groups in total. The van der Waals surface area contributed by atoms with Crippen LogP contribution in [0.4, 0.5) is 5.69 Å². The molecule has 0 heterocycles. The molecule has 1 amide bonds. The maximum Gasteiger partial charge on any atom is 0.228 e. The lowest BCUT2D eigenvalue weighted by atomic mass is 10.1. The van der Waals surface area contributed by atoms with E-state index in [-0.39, 0.29) is 11.7 Å². The Balaban J connectivity index is 1.95. The molecule has 0 atom stereocenters. The second-order valence-electron chi connectivity index (χ2n) is 4.12. The van der Waals surface area contributed by atoms with Gasteiger partial charge in [0.15, 0.2) is 0 Å². The Morgan fingerprint density at radius 3 is 2.32 bits per heavy atom. The number of ether oxygens (including phenoxy) is 1. The van der Waals surface area contributed by atoms with Crippen LogP contribution in [-0.2, 0) is 11.2 Å². The van der Waals surface area contributed by atoms with E-state index in [2.05, 4.69) is 5.32 Å². The monoisotopic (exact) mass is 257 g/mol. The van der Waals surface area contributed by atoms with Gasteiger partial charge in [0, 0.05) is 5.69 Å². The summed E-state index contributed by atoms with van der Waals surface area (Å²) in [7, 11) is 1.60. The van der Waals surface area contributed by atoms with E-state index in [0.717, 1.165) is 11.3 Å². The Labute approximate surface area is 111 Å². The Bertz CT molecular complexity index is 547. The van der Waals surface area contributed by atoms with Gasteiger partial charge in [-0.1, -0.05) is 12.1 Å². The third kappa shape index (κ3) is 3.74. The van der Waals surface area contributed by atoms with Gasteiger partial charge in [-0.15, -0.1) is 0 Å². The van der Waals surface area contributed by atoms with Crippen LogP contribution in [0.2, 0.25) is 0 Å². The zero-order valence-electron chi connectivity index (χ0n) is 10.6. The first-order chi connectivity index (χ1) is 9.17. The second-order valence-corrected chi connectivity index (χ2v) is 4.12. The molecule has 4 nitrogen and oxygen atoms in total. The summed E-state index contributed by atoms with van der Waals surface area (Å²) in [5.74, 6) is 0.840. The minimum absolute atomic E-state index is 0.101. The largest absolute Gasteiger partial charge is 0.508 e. The van der Waals surface area contributed by atoms with Crippen molar-refractivity contribution in [2.75, 3.05) is 12.4 Å². The second kappa shape index (κ2) is 5.91. The zero-order chi connectivity index (χ0) is 13.7. The minimum atomic E-state index is -0.101. The molecule has 2 aromatic rings. The van der Waals surface area contributed by atoms with Crippen LogP contribution in [0.15, 0.2) is 48.5 Å². The summed E-state index contributed by atoms with van der Waals surface area (Å²) in [6.07, 6.45) is 0.296. The average molecular weight is 257 g/mol. The van der Waals surface area contributed by atoms with E-state index in [4.69, 9.17) is 9.84 Å². The van der Waals surface area contributed by atoms with Gasteiger partial charge in [0.05, 0.1) is 13.5 Å². The summed E-state index contributed by atoms with van der Waals surface area (Å²) in [6, 6.07) is 13.7. The van der Waals surface area contributed by atoms with E-state index in [1.807, 2.05) is 24.3 Å². The van der Waals surface area contributed by atoms with Crippen molar-refractivity contribution in [2.45, 2.75) is 6.42 Å². The standard InChI is InChI=1S/C15H15NO3/c1-19-14-8-2-11(3-9-14)10-15(18)16-12-4-6-13(17)7-5-12/h2-9,17H,10H2,1H3,(H,16,18). The van der Waals surface area contributed by atoms with Gasteiger partial charge in [0.2, 0.25) is 5.91 Å². The Morgan fingerprint density at radius 2 is 1.74 bits per heavy atom. The summed E-state index contributed by atoms with van der Waals surface area (Å²) in [5.41, 5.74) is 1.58. The van der Waals surface area contributed by atoms with E-state index < -0.39 is 0 Å². The van der Waals surface area contributed by atoms with Crippen LogP contribution >= 0.6 is 0 Å². The van der Waals surface area contributed by atoms with Gasteiger partial charge in [0.1, 0.15) is 11.5 Å². The van der Waals surface area contributed by atoms with E-state index in [9.17, 15) is 4.79 Å². The average Bonchev–Trinajstić information content (AvgIpc) is 2.42. The third-order valence-electron chi connectivity index (χ3n) is 2.67. The predicted molar refractivity (Wildman–Crippen MR) is 73.4 cm³/mol. The van der Waals surface area contributed by atoms with Gasteiger partial charge in [0.25, 0.3) is 0 Å². The smallest absolute Gasteiger partial charge is 0.228 e. The quantitative estimate of drug-likeness (QED) is 0.828. The van der Waals surface area contributed by atoms with Gasteiger partial charge in [-0.25, -0.2) is 0 Å². The molecule has 0 saturated heterocycles. The predicted octanol–water partition coefficient (Wildman–Crippen LogP) is 2.58. The number of nitrogens with one attached hydrogen (secondary N) is 1. The molecule has 0 aliphatic rings. The highest BCUT2D eigenvalue weighted by Gasteiger charge is 2.04. The molecule has 0 aliphatic carbocycles.